The van der Waals surface area contributed by atoms with Crippen molar-refractivity contribution in [3.8, 4) is 0 Å². The van der Waals surface area contributed by atoms with Crippen LogP contribution < -0.4 is 11.1 Å². The minimum atomic E-state index is -0.237. The molecule has 4 nitrogen and oxygen atoms in total. The maximum absolute atomic E-state index is 13.4. The second kappa shape index (κ2) is 6.81. The average molecular weight is 279 g/mol. The van der Waals surface area contributed by atoms with Crippen molar-refractivity contribution >= 4 is 5.91 Å². The molecular formula is C15H22FN3O. The summed E-state index contributed by atoms with van der Waals surface area (Å²) in [5, 5.41) is 2.82. The van der Waals surface area contributed by atoms with Crippen molar-refractivity contribution in [2.45, 2.75) is 32.4 Å². The van der Waals surface area contributed by atoms with E-state index >= 15 is 0 Å². The number of benzene rings is 1. The summed E-state index contributed by atoms with van der Waals surface area (Å²) in [4.78, 5) is 13.9. The molecule has 1 saturated heterocycles. The zero-order chi connectivity index (χ0) is 14.5. The number of piperidine rings is 1. The molecule has 20 heavy (non-hydrogen) atoms. The SMILES string of the molecule is Cc1ccc(CNC(=O)CN2CCC[C@@H](N)C2)cc1F. The van der Waals surface area contributed by atoms with Crippen LogP contribution in [0, 0.1) is 12.7 Å². The highest BCUT2D eigenvalue weighted by molar-refractivity contribution is 5.78. The van der Waals surface area contributed by atoms with E-state index in [1.165, 1.54) is 6.07 Å². The number of aryl methyl sites for hydroxylation is 1. The first-order chi connectivity index (χ1) is 9.54. The number of nitrogens with zero attached hydrogens (tertiary/aromatic N) is 1. The van der Waals surface area contributed by atoms with Gasteiger partial charge in [0, 0.05) is 19.1 Å². The lowest BCUT2D eigenvalue weighted by atomic mass is 10.1. The molecule has 0 bridgehead atoms. The van der Waals surface area contributed by atoms with Crippen LogP contribution in [0.25, 0.3) is 0 Å². The highest BCUT2D eigenvalue weighted by Gasteiger charge is 2.18. The number of halogens is 1. The lowest BCUT2D eigenvalue weighted by Crippen LogP contribution is -2.46. The number of carbonyl (C=O) groups is 1. The Kier molecular flexibility index (Phi) is 5.09. The van der Waals surface area contributed by atoms with Gasteiger partial charge in [0.25, 0.3) is 0 Å². The van der Waals surface area contributed by atoms with Gasteiger partial charge in [-0.3, -0.25) is 9.69 Å². The van der Waals surface area contributed by atoms with E-state index in [2.05, 4.69) is 10.2 Å². The Morgan fingerprint density at radius 1 is 1.55 bits per heavy atom. The van der Waals surface area contributed by atoms with Crippen LogP contribution in [-0.2, 0) is 11.3 Å². The standard InChI is InChI=1S/C15H22FN3O/c1-11-4-5-12(7-14(11)16)8-18-15(20)10-19-6-2-3-13(17)9-19/h4-5,7,13H,2-3,6,8-10,17H2,1H3,(H,18,20)/t13-/m1/s1. The quantitative estimate of drug-likeness (QED) is 0.870. The summed E-state index contributed by atoms with van der Waals surface area (Å²) in [5.41, 5.74) is 7.27. The molecule has 0 spiro atoms. The van der Waals surface area contributed by atoms with Crippen molar-refractivity contribution in [3.05, 3.63) is 35.1 Å². The Hall–Kier alpha value is -1.46. The maximum Gasteiger partial charge on any atom is 0.234 e. The van der Waals surface area contributed by atoms with Gasteiger partial charge in [0.05, 0.1) is 6.54 Å². The van der Waals surface area contributed by atoms with E-state index in [0.717, 1.165) is 31.5 Å². The summed E-state index contributed by atoms with van der Waals surface area (Å²) in [6, 6.07) is 5.19. The molecular weight excluding hydrogens is 257 g/mol. The Bertz CT molecular complexity index is 478. The summed E-state index contributed by atoms with van der Waals surface area (Å²) in [6.45, 7) is 4.13. The fourth-order valence-electron chi connectivity index (χ4n) is 2.44. The van der Waals surface area contributed by atoms with Crippen LogP contribution >= 0.6 is 0 Å². The van der Waals surface area contributed by atoms with Crippen molar-refractivity contribution in [3.63, 3.8) is 0 Å². The van der Waals surface area contributed by atoms with Gasteiger partial charge in [0.2, 0.25) is 5.91 Å². The molecule has 5 heteroatoms. The van der Waals surface area contributed by atoms with Crippen molar-refractivity contribution in [1.29, 1.82) is 0 Å². The molecule has 1 fully saturated rings. The lowest BCUT2D eigenvalue weighted by molar-refractivity contribution is -0.122. The van der Waals surface area contributed by atoms with Gasteiger partial charge in [-0.15, -0.1) is 0 Å². The first kappa shape index (κ1) is 14.9. The van der Waals surface area contributed by atoms with E-state index in [9.17, 15) is 9.18 Å². The molecule has 1 aliphatic heterocycles. The van der Waals surface area contributed by atoms with Crippen LogP contribution in [0.3, 0.4) is 0 Å². The molecule has 3 N–H and O–H groups in total. The van der Waals surface area contributed by atoms with Crippen molar-refractivity contribution in [2.24, 2.45) is 5.73 Å². The summed E-state index contributed by atoms with van der Waals surface area (Å²) in [5.74, 6) is -0.279. The normalized spacial score (nSPS) is 19.9. The number of hydrogen-bond donors (Lipinski definition) is 2. The molecule has 1 atom stereocenters. The van der Waals surface area contributed by atoms with Crippen LogP contribution in [0.1, 0.15) is 24.0 Å². The van der Waals surface area contributed by atoms with Gasteiger partial charge in [0.1, 0.15) is 5.82 Å². The molecule has 0 saturated carbocycles. The average Bonchev–Trinajstić information content (AvgIpc) is 2.40. The first-order valence-corrected chi connectivity index (χ1v) is 7.04. The zero-order valence-electron chi connectivity index (χ0n) is 11.9. The highest BCUT2D eigenvalue weighted by Crippen LogP contribution is 2.09. The largest absolute Gasteiger partial charge is 0.351 e. The third-order valence-corrected chi connectivity index (χ3v) is 3.64. The number of likely N-dealkylation sites (tertiary alicyclic amines) is 1. The van der Waals surface area contributed by atoms with E-state index in [0.29, 0.717) is 18.7 Å². The smallest absolute Gasteiger partial charge is 0.234 e. The van der Waals surface area contributed by atoms with Gasteiger partial charge in [0.15, 0.2) is 0 Å². The van der Waals surface area contributed by atoms with Gasteiger partial charge in [-0.05, 0) is 43.5 Å². The summed E-state index contributed by atoms with van der Waals surface area (Å²) < 4.78 is 13.4. The number of carbonyl (C=O) groups excluding carboxylic acids is 1. The van der Waals surface area contributed by atoms with Crippen LogP contribution in [0.4, 0.5) is 4.39 Å². The molecule has 0 aliphatic carbocycles. The number of nitrogens with two attached hydrogens (primary N) is 1. The molecule has 1 aliphatic rings. The fraction of sp³-hybridized carbons (Fsp3) is 0.533. The van der Waals surface area contributed by atoms with E-state index < -0.39 is 0 Å². The van der Waals surface area contributed by atoms with Crippen LogP contribution in [0.15, 0.2) is 18.2 Å². The fourth-order valence-corrected chi connectivity index (χ4v) is 2.44. The highest BCUT2D eigenvalue weighted by atomic mass is 19.1. The number of amides is 1. The predicted molar refractivity (Wildman–Crippen MR) is 76.6 cm³/mol. The summed E-state index contributed by atoms with van der Waals surface area (Å²) in [7, 11) is 0. The number of rotatable bonds is 4. The minimum Gasteiger partial charge on any atom is -0.351 e. The lowest BCUT2D eigenvalue weighted by Gasteiger charge is -2.29. The van der Waals surface area contributed by atoms with E-state index in [-0.39, 0.29) is 17.8 Å². The van der Waals surface area contributed by atoms with Crippen molar-refractivity contribution < 1.29 is 9.18 Å². The Morgan fingerprint density at radius 3 is 3.05 bits per heavy atom. The Balaban J connectivity index is 1.78. The number of nitrogens with one attached hydrogen (secondary N) is 1. The molecule has 1 amide bonds. The third-order valence-electron chi connectivity index (χ3n) is 3.64. The number of hydrogen-bond acceptors (Lipinski definition) is 3. The third kappa shape index (κ3) is 4.28. The van der Waals surface area contributed by atoms with Crippen LogP contribution in [0.2, 0.25) is 0 Å². The summed E-state index contributed by atoms with van der Waals surface area (Å²) >= 11 is 0. The minimum absolute atomic E-state index is 0.0416. The molecule has 0 aromatic heterocycles. The second-order valence-electron chi connectivity index (χ2n) is 5.50. The maximum atomic E-state index is 13.4. The van der Waals surface area contributed by atoms with Gasteiger partial charge < -0.3 is 11.1 Å². The molecule has 1 aromatic rings. The monoisotopic (exact) mass is 279 g/mol. The van der Waals surface area contributed by atoms with Gasteiger partial charge >= 0.3 is 0 Å². The molecule has 110 valence electrons. The molecule has 2 rings (SSSR count). The second-order valence-corrected chi connectivity index (χ2v) is 5.50. The van der Waals surface area contributed by atoms with Crippen molar-refractivity contribution in [1.82, 2.24) is 10.2 Å². The van der Waals surface area contributed by atoms with Crippen molar-refractivity contribution in [2.75, 3.05) is 19.6 Å². The van der Waals surface area contributed by atoms with Gasteiger partial charge in [-0.1, -0.05) is 12.1 Å². The van der Waals surface area contributed by atoms with Gasteiger partial charge in [-0.25, -0.2) is 4.39 Å². The molecule has 0 radical (unpaired) electrons. The molecule has 0 unspecified atom stereocenters. The topological polar surface area (TPSA) is 58.4 Å². The van der Waals surface area contributed by atoms with E-state index in [1.54, 1.807) is 13.0 Å². The zero-order valence-corrected chi connectivity index (χ0v) is 11.9. The van der Waals surface area contributed by atoms with Crippen LogP contribution in [-0.4, -0.2) is 36.5 Å². The predicted octanol–water partition coefficient (Wildman–Crippen LogP) is 1.17. The molecule has 1 aromatic carbocycles. The van der Waals surface area contributed by atoms with E-state index in [1.807, 2.05) is 6.07 Å². The van der Waals surface area contributed by atoms with Crippen LogP contribution in [0.5, 0.6) is 0 Å². The van der Waals surface area contributed by atoms with Gasteiger partial charge in [-0.2, -0.15) is 0 Å². The Morgan fingerprint density at radius 2 is 2.35 bits per heavy atom. The first-order valence-electron chi connectivity index (χ1n) is 7.04. The molecule has 1 heterocycles. The Labute approximate surface area is 119 Å². The summed E-state index contributed by atoms with van der Waals surface area (Å²) in [6.07, 6.45) is 2.07. The van der Waals surface area contributed by atoms with E-state index in [4.69, 9.17) is 5.73 Å².